The topological polar surface area (TPSA) is 15.3 Å². The highest BCUT2D eigenvalue weighted by atomic mass is 32.2. The Morgan fingerprint density at radius 2 is 2.15 bits per heavy atom. The van der Waals surface area contributed by atoms with E-state index < -0.39 is 0 Å². The summed E-state index contributed by atoms with van der Waals surface area (Å²) in [7, 11) is 0. The summed E-state index contributed by atoms with van der Waals surface area (Å²) >= 11 is 2.04. The van der Waals surface area contributed by atoms with Gasteiger partial charge in [-0.15, -0.1) is 11.8 Å². The zero-order chi connectivity index (χ0) is 13.5. The standard InChI is InChI=1S/C17H24N2S/c1-12-8-18-16(13-6-7-13)10-19(12)9-14-11-20-17-5-3-2-4-15(14)17/h2-5,12-14,16,18H,6-11H2,1H3. The molecule has 4 rings (SSSR count). The van der Waals surface area contributed by atoms with Gasteiger partial charge in [-0.2, -0.15) is 0 Å². The summed E-state index contributed by atoms with van der Waals surface area (Å²) in [5, 5.41) is 3.76. The van der Waals surface area contributed by atoms with E-state index in [0.29, 0.717) is 6.04 Å². The fraction of sp³-hybridized carbons (Fsp3) is 0.647. The third-order valence-corrected chi connectivity index (χ3v) is 6.43. The summed E-state index contributed by atoms with van der Waals surface area (Å²) in [6, 6.07) is 10.4. The van der Waals surface area contributed by atoms with Gasteiger partial charge in [-0.05, 0) is 37.3 Å². The number of nitrogens with zero attached hydrogens (tertiary/aromatic N) is 1. The molecule has 2 aliphatic heterocycles. The van der Waals surface area contributed by atoms with Gasteiger partial charge in [-0.3, -0.25) is 4.90 Å². The molecule has 0 bridgehead atoms. The highest BCUT2D eigenvalue weighted by Gasteiger charge is 2.37. The lowest BCUT2D eigenvalue weighted by molar-refractivity contribution is 0.127. The van der Waals surface area contributed by atoms with Crippen LogP contribution in [0.3, 0.4) is 0 Å². The molecule has 3 unspecified atom stereocenters. The quantitative estimate of drug-likeness (QED) is 0.920. The van der Waals surface area contributed by atoms with Crippen LogP contribution in [-0.4, -0.2) is 42.4 Å². The van der Waals surface area contributed by atoms with Crippen molar-refractivity contribution in [3.8, 4) is 0 Å². The minimum atomic E-state index is 0.683. The lowest BCUT2D eigenvalue weighted by Crippen LogP contribution is -2.56. The number of hydrogen-bond donors (Lipinski definition) is 1. The van der Waals surface area contributed by atoms with Crippen molar-refractivity contribution < 1.29 is 0 Å². The fourth-order valence-electron chi connectivity index (χ4n) is 3.68. The van der Waals surface area contributed by atoms with Gasteiger partial charge in [0, 0.05) is 48.3 Å². The minimum absolute atomic E-state index is 0.683. The fourth-order valence-corrected chi connectivity index (χ4v) is 4.92. The normalized spacial score (nSPS) is 34.1. The highest BCUT2D eigenvalue weighted by Crippen LogP contribution is 2.40. The van der Waals surface area contributed by atoms with Crippen molar-refractivity contribution in [2.24, 2.45) is 5.92 Å². The second kappa shape index (κ2) is 5.36. The predicted octanol–water partition coefficient (Wildman–Crippen LogP) is 2.95. The van der Waals surface area contributed by atoms with Crippen LogP contribution >= 0.6 is 11.8 Å². The zero-order valence-electron chi connectivity index (χ0n) is 12.2. The maximum Gasteiger partial charge on any atom is 0.0224 e. The highest BCUT2D eigenvalue weighted by molar-refractivity contribution is 7.99. The SMILES string of the molecule is CC1CNC(C2CC2)CN1CC1CSc2ccccc21. The lowest BCUT2D eigenvalue weighted by atomic mass is 9.98. The summed E-state index contributed by atoms with van der Waals surface area (Å²) in [5.41, 5.74) is 1.59. The first kappa shape index (κ1) is 13.2. The van der Waals surface area contributed by atoms with E-state index in [1.165, 1.54) is 43.1 Å². The maximum atomic E-state index is 3.76. The molecule has 1 saturated heterocycles. The first-order valence-corrected chi connectivity index (χ1v) is 8.99. The zero-order valence-corrected chi connectivity index (χ0v) is 13.0. The average Bonchev–Trinajstić information content (AvgIpc) is 3.24. The van der Waals surface area contributed by atoms with Crippen LogP contribution in [0.15, 0.2) is 29.2 Å². The molecule has 0 radical (unpaired) electrons. The van der Waals surface area contributed by atoms with Crippen molar-refractivity contribution in [2.45, 2.75) is 42.7 Å². The van der Waals surface area contributed by atoms with Gasteiger partial charge in [0.25, 0.3) is 0 Å². The molecule has 1 saturated carbocycles. The second-order valence-corrected chi connectivity index (χ2v) is 7.76. The van der Waals surface area contributed by atoms with Crippen LogP contribution in [0.25, 0.3) is 0 Å². The van der Waals surface area contributed by atoms with E-state index in [1.807, 2.05) is 11.8 Å². The molecule has 3 aliphatic rings. The second-order valence-electron chi connectivity index (χ2n) is 6.70. The van der Waals surface area contributed by atoms with Crippen molar-refractivity contribution >= 4 is 11.8 Å². The van der Waals surface area contributed by atoms with E-state index in [9.17, 15) is 0 Å². The molecule has 3 atom stereocenters. The Hall–Kier alpha value is -0.510. The molecule has 1 N–H and O–H groups in total. The molecular formula is C17H24N2S. The van der Waals surface area contributed by atoms with Crippen molar-refractivity contribution in [1.82, 2.24) is 10.2 Å². The monoisotopic (exact) mass is 288 g/mol. The summed E-state index contributed by atoms with van der Waals surface area (Å²) in [4.78, 5) is 4.26. The maximum absolute atomic E-state index is 3.76. The van der Waals surface area contributed by atoms with Gasteiger partial charge in [0.2, 0.25) is 0 Å². The van der Waals surface area contributed by atoms with Crippen LogP contribution in [0.4, 0.5) is 0 Å². The molecule has 0 spiro atoms. The number of benzene rings is 1. The van der Waals surface area contributed by atoms with Crippen molar-refractivity contribution in [2.75, 3.05) is 25.4 Å². The van der Waals surface area contributed by atoms with E-state index in [4.69, 9.17) is 0 Å². The molecule has 1 aromatic rings. The van der Waals surface area contributed by atoms with Crippen LogP contribution in [0.5, 0.6) is 0 Å². The summed E-state index contributed by atoms with van der Waals surface area (Å²) in [6.07, 6.45) is 2.89. The van der Waals surface area contributed by atoms with E-state index in [-0.39, 0.29) is 0 Å². The van der Waals surface area contributed by atoms with Gasteiger partial charge in [-0.1, -0.05) is 18.2 Å². The van der Waals surface area contributed by atoms with Crippen LogP contribution in [0, 0.1) is 5.92 Å². The Labute approximate surface area is 126 Å². The largest absolute Gasteiger partial charge is 0.311 e. The van der Waals surface area contributed by atoms with Crippen molar-refractivity contribution in [3.63, 3.8) is 0 Å². The van der Waals surface area contributed by atoms with E-state index in [0.717, 1.165) is 17.9 Å². The minimum Gasteiger partial charge on any atom is -0.311 e. The molecule has 1 aliphatic carbocycles. The Kier molecular flexibility index (Phi) is 3.53. The van der Waals surface area contributed by atoms with Gasteiger partial charge in [0.05, 0.1) is 0 Å². The Balaban J connectivity index is 1.45. The molecule has 20 heavy (non-hydrogen) atoms. The number of fused-ring (bicyclic) bond motifs is 1. The summed E-state index contributed by atoms with van der Waals surface area (Å²) < 4.78 is 0. The van der Waals surface area contributed by atoms with Gasteiger partial charge in [0.1, 0.15) is 0 Å². The first-order chi connectivity index (χ1) is 9.81. The number of hydrogen-bond acceptors (Lipinski definition) is 3. The summed E-state index contributed by atoms with van der Waals surface area (Å²) in [6.45, 7) is 6.05. The van der Waals surface area contributed by atoms with E-state index in [2.05, 4.69) is 41.4 Å². The van der Waals surface area contributed by atoms with Crippen molar-refractivity contribution in [3.05, 3.63) is 29.8 Å². The number of nitrogens with one attached hydrogen (secondary N) is 1. The third kappa shape index (κ3) is 2.51. The first-order valence-electron chi connectivity index (χ1n) is 8.00. The number of thioether (sulfide) groups is 1. The lowest BCUT2D eigenvalue weighted by Gasteiger charge is -2.40. The smallest absolute Gasteiger partial charge is 0.0224 e. The molecule has 1 aromatic carbocycles. The van der Waals surface area contributed by atoms with Crippen LogP contribution in [-0.2, 0) is 0 Å². The van der Waals surface area contributed by atoms with E-state index >= 15 is 0 Å². The molecule has 0 amide bonds. The molecule has 2 heterocycles. The summed E-state index contributed by atoms with van der Waals surface area (Å²) in [5.74, 6) is 2.97. The van der Waals surface area contributed by atoms with Gasteiger partial charge >= 0.3 is 0 Å². The number of piperazine rings is 1. The van der Waals surface area contributed by atoms with Gasteiger partial charge in [0.15, 0.2) is 0 Å². The third-order valence-electron chi connectivity index (χ3n) is 5.17. The predicted molar refractivity (Wildman–Crippen MR) is 85.5 cm³/mol. The molecule has 3 heteroatoms. The van der Waals surface area contributed by atoms with Crippen molar-refractivity contribution in [1.29, 1.82) is 0 Å². The van der Waals surface area contributed by atoms with E-state index in [1.54, 1.807) is 5.56 Å². The Morgan fingerprint density at radius 3 is 3.00 bits per heavy atom. The molecular weight excluding hydrogens is 264 g/mol. The van der Waals surface area contributed by atoms with Gasteiger partial charge in [-0.25, -0.2) is 0 Å². The molecule has 0 aromatic heterocycles. The van der Waals surface area contributed by atoms with Gasteiger partial charge < -0.3 is 5.32 Å². The molecule has 2 nitrogen and oxygen atoms in total. The van der Waals surface area contributed by atoms with Crippen LogP contribution in [0.1, 0.15) is 31.2 Å². The molecule has 108 valence electrons. The molecule has 2 fully saturated rings. The van der Waals surface area contributed by atoms with Crippen LogP contribution < -0.4 is 5.32 Å². The number of rotatable bonds is 3. The van der Waals surface area contributed by atoms with Crippen LogP contribution in [0.2, 0.25) is 0 Å². The Morgan fingerprint density at radius 1 is 1.30 bits per heavy atom. The Bertz CT molecular complexity index is 486. The average molecular weight is 288 g/mol.